The molecule has 5 nitrogen and oxygen atoms in total. The molecule has 1 aliphatic rings. The molecule has 0 radical (unpaired) electrons. The zero-order chi connectivity index (χ0) is 15.8. The highest BCUT2D eigenvalue weighted by atomic mass is 35.5. The third-order valence-electron chi connectivity index (χ3n) is 3.32. The minimum atomic E-state index is 0.169. The zero-order valence-electron chi connectivity index (χ0n) is 12.9. The zero-order valence-corrected chi connectivity index (χ0v) is 13.6. The molecule has 6 heteroatoms. The van der Waals surface area contributed by atoms with E-state index in [4.69, 9.17) is 11.6 Å². The first-order valence-electron chi connectivity index (χ1n) is 7.73. The van der Waals surface area contributed by atoms with Gasteiger partial charge in [-0.15, -0.1) is 0 Å². The predicted octanol–water partition coefficient (Wildman–Crippen LogP) is 1.92. The second kappa shape index (κ2) is 8.63. The van der Waals surface area contributed by atoms with Gasteiger partial charge in [-0.2, -0.15) is 0 Å². The summed E-state index contributed by atoms with van der Waals surface area (Å²) in [7, 11) is 0. The van der Waals surface area contributed by atoms with E-state index in [0.717, 1.165) is 30.9 Å². The van der Waals surface area contributed by atoms with Gasteiger partial charge in [0.05, 0.1) is 6.54 Å². The summed E-state index contributed by atoms with van der Waals surface area (Å²) in [6.45, 7) is 4.63. The molecule has 0 spiro atoms. The molecule has 0 aromatic heterocycles. The molecule has 1 aromatic rings. The Morgan fingerprint density at radius 1 is 1.27 bits per heavy atom. The van der Waals surface area contributed by atoms with Crippen molar-refractivity contribution < 1.29 is 4.79 Å². The van der Waals surface area contributed by atoms with Crippen molar-refractivity contribution in [2.24, 2.45) is 10.9 Å². The molecule has 0 unspecified atom stereocenters. The number of amides is 1. The van der Waals surface area contributed by atoms with Gasteiger partial charge in [-0.25, -0.2) is 4.99 Å². The smallest absolute Gasteiger partial charge is 0.223 e. The summed E-state index contributed by atoms with van der Waals surface area (Å²) in [5.41, 5.74) is 1.06. The van der Waals surface area contributed by atoms with E-state index in [1.165, 1.54) is 0 Å². The Balaban J connectivity index is 1.75. The van der Waals surface area contributed by atoms with Gasteiger partial charge in [-0.1, -0.05) is 23.7 Å². The first-order valence-corrected chi connectivity index (χ1v) is 8.11. The van der Waals surface area contributed by atoms with Gasteiger partial charge in [0.15, 0.2) is 5.96 Å². The van der Waals surface area contributed by atoms with Crippen LogP contribution in [-0.2, 0) is 11.3 Å². The van der Waals surface area contributed by atoms with Gasteiger partial charge in [0.25, 0.3) is 0 Å². The van der Waals surface area contributed by atoms with Crippen LogP contribution in [0.25, 0.3) is 0 Å². The van der Waals surface area contributed by atoms with E-state index in [9.17, 15) is 4.79 Å². The molecule has 1 fully saturated rings. The second-order valence-electron chi connectivity index (χ2n) is 5.32. The van der Waals surface area contributed by atoms with E-state index in [2.05, 4.69) is 20.9 Å². The van der Waals surface area contributed by atoms with Crippen LogP contribution in [-0.4, -0.2) is 31.5 Å². The largest absolute Gasteiger partial charge is 0.357 e. The third kappa shape index (κ3) is 5.93. The maximum absolute atomic E-state index is 11.5. The lowest BCUT2D eigenvalue weighted by Crippen LogP contribution is -2.41. The van der Waals surface area contributed by atoms with Crippen LogP contribution in [0.2, 0.25) is 5.02 Å². The van der Waals surface area contributed by atoms with Gasteiger partial charge >= 0.3 is 0 Å². The maximum Gasteiger partial charge on any atom is 0.223 e. The van der Waals surface area contributed by atoms with Crippen molar-refractivity contribution in [2.45, 2.75) is 26.3 Å². The fraction of sp³-hybridized carbons (Fsp3) is 0.500. The summed E-state index contributed by atoms with van der Waals surface area (Å²) in [6.07, 6.45) is 2.06. The van der Waals surface area contributed by atoms with Crippen molar-refractivity contribution in [3.8, 4) is 0 Å². The molecule has 1 aliphatic carbocycles. The number of hydrogen-bond donors (Lipinski definition) is 3. The molecule has 2 rings (SSSR count). The highest BCUT2D eigenvalue weighted by Gasteiger charge is 2.28. The average Bonchev–Trinajstić information content (AvgIpc) is 3.33. The Kier molecular flexibility index (Phi) is 6.52. The summed E-state index contributed by atoms with van der Waals surface area (Å²) in [5, 5.41) is 10.0. The fourth-order valence-electron chi connectivity index (χ4n) is 2.00. The van der Waals surface area contributed by atoms with Crippen LogP contribution >= 0.6 is 11.6 Å². The molecular formula is C16H23ClN4O. The monoisotopic (exact) mass is 322 g/mol. The van der Waals surface area contributed by atoms with Gasteiger partial charge in [0.1, 0.15) is 0 Å². The number of guanidine groups is 1. The Morgan fingerprint density at radius 3 is 2.73 bits per heavy atom. The average molecular weight is 323 g/mol. The number of hydrogen-bond acceptors (Lipinski definition) is 2. The Hall–Kier alpha value is -1.75. The second-order valence-corrected chi connectivity index (χ2v) is 5.75. The summed E-state index contributed by atoms with van der Waals surface area (Å²) in [6, 6.07) is 7.67. The normalized spacial score (nSPS) is 14.5. The number of halogens is 1. The number of aliphatic imine (C=N–C) groups is 1. The lowest BCUT2D eigenvalue weighted by atomic mass is 10.2. The summed E-state index contributed by atoms with van der Waals surface area (Å²) < 4.78 is 0. The highest BCUT2D eigenvalue weighted by Crippen LogP contribution is 2.28. The van der Waals surface area contributed by atoms with Crippen LogP contribution in [0.3, 0.4) is 0 Å². The third-order valence-corrected chi connectivity index (χ3v) is 3.55. The van der Waals surface area contributed by atoms with Crippen LogP contribution in [0.5, 0.6) is 0 Å². The molecule has 3 N–H and O–H groups in total. The first-order chi connectivity index (χ1) is 10.7. The first kappa shape index (κ1) is 16.6. The lowest BCUT2D eigenvalue weighted by Gasteiger charge is -2.12. The molecule has 1 saturated carbocycles. The van der Waals surface area contributed by atoms with E-state index in [-0.39, 0.29) is 11.8 Å². The Labute approximate surface area is 136 Å². The number of nitrogens with zero attached hydrogens (tertiary/aromatic N) is 1. The molecular weight excluding hydrogens is 300 g/mol. The Morgan fingerprint density at radius 2 is 2.05 bits per heavy atom. The van der Waals surface area contributed by atoms with Crippen LogP contribution in [0, 0.1) is 5.92 Å². The molecule has 120 valence electrons. The lowest BCUT2D eigenvalue weighted by molar-refractivity contribution is -0.122. The number of carbonyl (C=O) groups excluding carboxylic acids is 1. The predicted molar refractivity (Wildman–Crippen MR) is 90.0 cm³/mol. The van der Waals surface area contributed by atoms with Crippen molar-refractivity contribution in [3.63, 3.8) is 0 Å². The topological polar surface area (TPSA) is 65.5 Å². The van der Waals surface area contributed by atoms with Crippen molar-refractivity contribution in [1.29, 1.82) is 0 Å². The van der Waals surface area contributed by atoms with Crippen LogP contribution in [0.4, 0.5) is 0 Å². The Bertz CT molecular complexity index is 529. The molecule has 1 amide bonds. The molecule has 0 heterocycles. The SMILES string of the molecule is CCNC(=NCc1cccc(Cl)c1)NCCNC(=O)C1CC1. The summed E-state index contributed by atoms with van der Waals surface area (Å²) >= 11 is 5.96. The standard InChI is InChI=1S/C16H23ClN4O/c1-2-18-16(20-9-8-19-15(22)13-6-7-13)21-11-12-4-3-5-14(17)10-12/h3-5,10,13H,2,6-9,11H2,1H3,(H,19,22)(H2,18,20,21). The molecule has 0 saturated heterocycles. The fourth-order valence-corrected chi connectivity index (χ4v) is 2.22. The van der Waals surface area contributed by atoms with Gasteiger partial charge in [-0.3, -0.25) is 4.79 Å². The van der Waals surface area contributed by atoms with E-state index >= 15 is 0 Å². The quantitative estimate of drug-likeness (QED) is 0.408. The maximum atomic E-state index is 11.5. The van der Waals surface area contributed by atoms with E-state index in [1.54, 1.807) is 0 Å². The number of rotatable bonds is 7. The molecule has 0 bridgehead atoms. The molecule has 0 aliphatic heterocycles. The molecule has 0 atom stereocenters. The number of carbonyl (C=O) groups is 1. The number of benzene rings is 1. The van der Waals surface area contributed by atoms with Crippen LogP contribution < -0.4 is 16.0 Å². The van der Waals surface area contributed by atoms with Crippen molar-refractivity contribution in [1.82, 2.24) is 16.0 Å². The molecule has 1 aromatic carbocycles. The van der Waals surface area contributed by atoms with E-state index < -0.39 is 0 Å². The summed E-state index contributed by atoms with van der Waals surface area (Å²) in [5.74, 6) is 1.16. The van der Waals surface area contributed by atoms with Gasteiger partial charge < -0.3 is 16.0 Å². The van der Waals surface area contributed by atoms with Crippen LogP contribution in [0.1, 0.15) is 25.3 Å². The minimum absolute atomic E-state index is 0.169. The number of nitrogens with one attached hydrogen (secondary N) is 3. The van der Waals surface area contributed by atoms with Crippen molar-refractivity contribution in [3.05, 3.63) is 34.9 Å². The minimum Gasteiger partial charge on any atom is -0.357 e. The van der Waals surface area contributed by atoms with Gasteiger partial charge in [0.2, 0.25) is 5.91 Å². The van der Waals surface area contributed by atoms with E-state index in [1.807, 2.05) is 31.2 Å². The summed E-state index contributed by atoms with van der Waals surface area (Å²) in [4.78, 5) is 16.0. The molecule has 22 heavy (non-hydrogen) atoms. The van der Waals surface area contributed by atoms with Crippen molar-refractivity contribution >= 4 is 23.5 Å². The van der Waals surface area contributed by atoms with Gasteiger partial charge in [0, 0.05) is 30.6 Å². The van der Waals surface area contributed by atoms with Crippen molar-refractivity contribution in [2.75, 3.05) is 19.6 Å². The van der Waals surface area contributed by atoms with Crippen LogP contribution in [0.15, 0.2) is 29.3 Å². The van der Waals surface area contributed by atoms with Gasteiger partial charge in [-0.05, 0) is 37.5 Å². The highest BCUT2D eigenvalue weighted by molar-refractivity contribution is 6.30. The van der Waals surface area contributed by atoms with E-state index in [0.29, 0.717) is 24.7 Å².